The van der Waals surface area contributed by atoms with Crippen molar-refractivity contribution >= 4 is 11.9 Å². The van der Waals surface area contributed by atoms with Crippen molar-refractivity contribution in [3.05, 3.63) is 35.4 Å². The zero-order valence-corrected chi connectivity index (χ0v) is 12.2. The maximum Gasteiger partial charge on any atom is 0.326 e. The van der Waals surface area contributed by atoms with Crippen LogP contribution in [0.4, 0.5) is 0 Å². The van der Waals surface area contributed by atoms with E-state index in [9.17, 15) is 14.7 Å². The summed E-state index contributed by atoms with van der Waals surface area (Å²) in [7, 11) is 0. The Labute approximate surface area is 124 Å². The van der Waals surface area contributed by atoms with Crippen molar-refractivity contribution in [3.63, 3.8) is 0 Å². The highest BCUT2D eigenvalue weighted by Gasteiger charge is 2.24. The summed E-state index contributed by atoms with van der Waals surface area (Å²) in [4.78, 5) is 23.4. The molecule has 0 aromatic heterocycles. The van der Waals surface area contributed by atoms with Crippen LogP contribution in [0.5, 0.6) is 0 Å². The van der Waals surface area contributed by atoms with Crippen molar-refractivity contribution in [1.82, 2.24) is 5.32 Å². The average molecular weight is 290 g/mol. The maximum absolute atomic E-state index is 12.0. The molecule has 1 amide bonds. The summed E-state index contributed by atoms with van der Waals surface area (Å²) in [6, 6.07) is 6.71. The molecule has 3 atom stereocenters. The summed E-state index contributed by atoms with van der Waals surface area (Å²) >= 11 is 0. The molecule has 0 saturated heterocycles. The number of nitrogens with two attached hydrogens (primary N) is 1. The van der Waals surface area contributed by atoms with E-state index in [2.05, 4.69) is 5.32 Å². The van der Waals surface area contributed by atoms with Gasteiger partial charge in [0.15, 0.2) is 0 Å². The van der Waals surface area contributed by atoms with E-state index in [0.29, 0.717) is 6.42 Å². The molecule has 1 aliphatic heterocycles. The average Bonchev–Trinajstić information content (AvgIpc) is 2.45. The van der Waals surface area contributed by atoms with Gasteiger partial charge >= 0.3 is 5.97 Å². The molecule has 21 heavy (non-hydrogen) atoms. The lowest BCUT2D eigenvalue weighted by atomic mass is 9.93. The first kappa shape index (κ1) is 15.5. The van der Waals surface area contributed by atoms with E-state index in [1.54, 1.807) is 0 Å². The Balaban J connectivity index is 2.29. The monoisotopic (exact) mass is 290 g/mol. The minimum atomic E-state index is -1.01. The SMILES string of the molecule is C[C@@H]1CCC[C@H](N)c2cccc(c2)CC(C(=O)O)NC1=O. The van der Waals surface area contributed by atoms with Gasteiger partial charge < -0.3 is 16.2 Å². The number of hydrogen-bond donors (Lipinski definition) is 3. The van der Waals surface area contributed by atoms with E-state index in [4.69, 9.17) is 5.73 Å². The minimum absolute atomic E-state index is 0.0667. The molecule has 0 radical (unpaired) electrons. The second kappa shape index (κ2) is 6.72. The Hall–Kier alpha value is -1.88. The first-order chi connectivity index (χ1) is 9.97. The number of nitrogens with one attached hydrogen (secondary N) is 1. The van der Waals surface area contributed by atoms with Crippen LogP contribution in [0.1, 0.15) is 43.4 Å². The van der Waals surface area contributed by atoms with Gasteiger partial charge in [0.05, 0.1) is 0 Å². The van der Waals surface area contributed by atoms with Crippen LogP contribution in [0.2, 0.25) is 0 Å². The van der Waals surface area contributed by atoms with E-state index < -0.39 is 12.0 Å². The molecule has 0 saturated carbocycles. The Morgan fingerprint density at radius 1 is 1.38 bits per heavy atom. The Morgan fingerprint density at radius 2 is 2.14 bits per heavy atom. The zero-order valence-electron chi connectivity index (χ0n) is 12.2. The van der Waals surface area contributed by atoms with Crippen molar-refractivity contribution < 1.29 is 14.7 Å². The van der Waals surface area contributed by atoms with Crippen molar-refractivity contribution in [2.75, 3.05) is 0 Å². The van der Waals surface area contributed by atoms with Gasteiger partial charge in [-0.05, 0) is 24.0 Å². The summed E-state index contributed by atoms with van der Waals surface area (Å²) < 4.78 is 0. The first-order valence-electron chi connectivity index (χ1n) is 7.35. The molecule has 0 spiro atoms. The molecule has 1 aromatic carbocycles. The second-order valence-electron chi connectivity index (χ2n) is 5.79. The third-order valence-corrected chi connectivity index (χ3v) is 4.03. The van der Waals surface area contributed by atoms with Crippen LogP contribution in [0.25, 0.3) is 0 Å². The third kappa shape index (κ3) is 4.04. The summed E-state index contributed by atoms with van der Waals surface area (Å²) in [5.74, 6) is -1.41. The van der Waals surface area contributed by atoms with E-state index in [1.165, 1.54) is 0 Å². The lowest BCUT2D eigenvalue weighted by Crippen LogP contribution is -2.44. The molecule has 5 heteroatoms. The van der Waals surface area contributed by atoms with E-state index >= 15 is 0 Å². The Bertz CT molecular complexity index is 530. The fourth-order valence-electron chi connectivity index (χ4n) is 2.64. The number of hydrogen-bond acceptors (Lipinski definition) is 3. The number of rotatable bonds is 1. The second-order valence-corrected chi connectivity index (χ2v) is 5.79. The summed E-state index contributed by atoms with van der Waals surface area (Å²) in [5.41, 5.74) is 8.08. The van der Waals surface area contributed by atoms with Crippen LogP contribution < -0.4 is 11.1 Å². The van der Waals surface area contributed by atoms with Gasteiger partial charge in [0.25, 0.3) is 0 Å². The quantitative estimate of drug-likeness (QED) is 0.732. The normalized spacial score (nSPS) is 27.1. The van der Waals surface area contributed by atoms with Gasteiger partial charge in [0.1, 0.15) is 6.04 Å². The smallest absolute Gasteiger partial charge is 0.326 e. The zero-order chi connectivity index (χ0) is 15.4. The standard InChI is InChI=1S/C16H22N2O3/c1-10-4-2-7-13(17)12-6-3-5-11(8-12)9-14(16(20)21)18-15(10)19/h3,5-6,8,10,13-14H,2,4,7,9,17H2,1H3,(H,18,19)(H,20,21)/t10-,13+,14?/m1/s1. The van der Waals surface area contributed by atoms with Gasteiger partial charge in [-0.25, -0.2) is 4.79 Å². The highest BCUT2D eigenvalue weighted by molar-refractivity contribution is 5.85. The fourth-order valence-corrected chi connectivity index (χ4v) is 2.64. The largest absolute Gasteiger partial charge is 0.480 e. The molecule has 0 fully saturated rings. The fraction of sp³-hybridized carbons (Fsp3) is 0.500. The molecule has 1 heterocycles. The van der Waals surface area contributed by atoms with Gasteiger partial charge in [0, 0.05) is 18.4 Å². The van der Waals surface area contributed by atoms with Crippen molar-refractivity contribution in [1.29, 1.82) is 0 Å². The number of carboxylic acid groups (broad SMARTS) is 1. The summed E-state index contributed by atoms with van der Waals surface area (Å²) in [6.45, 7) is 1.82. The Kier molecular flexibility index (Phi) is 4.96. The molecular weight excluding hydrogens is 268 g/mol. The number of carbonyl (C=O) groups excluding carboxylic acids is 1. The highest BCUT2D eigenvalue weighted by atomic mass is 16.4. The lowest BCUT2D eigenvalue weighted by Gasteiger charge is -2.21. The van der Waals surface area contributed by atoms with Crippen LogP contribution >= 0.6 is 0 Å². The van der Waals surface area contributed by atoms with Crippen LogP contribution in [-0.2, 0) is 16.0 Å². The topological polar surface area (TPSA) is 92.4 Å². The van der Waals surface area contributed by atoms with Gasteiger partial charge in [-0.2, -0.15) is 0 Å². The Morgan fingerprint density at radius 3 is 2.86 bits per heavy atom. The van der Waals surface area contributed by atoms with E-state index in [-0.39, 0.29) is 24.3 Å². The molecule has 1 aliphatic rings. The molecule has 2 bridgehead atoms. The minimum Gasteiger partial charge on any atom is -0.480 e. The van der Waals surface area contributed by atoms with Crippen LogP contribution in [0, 0.1) is 5.92 Å². The van der Waals surface area contributed by atoms with Crippen LogP contribution in [0.15, 0.2) is 24.3 Å². The molecule has 1 aromatic rings. The number of fused-ring (bicyclic) bond motifs is 2. The lowest BCUT2D eigenvalue weighted by molar-refractivity contribution is -0.142. The van der Waals surface area contributed by atoms with Gasteiger partial charge in [-0.1, -0.05) is 37.6 Å². The number of benzene rings is 1. The van der Waals surface area contributed by atoms with E-state index in [1.807, 2.05) is 31.2 Å². The highest BCUT2D eigenvalue weighted by Crippen LogP contribution is 2.21. The maximum atomic E-state index is 12.0. The molecule has 2 rings (SSSR count). The van der Waals surface area contributed by atoms with Gasteiger partial charge in [-0.3, -0.25) is 4.79 Å². The van der Waals surface area contributed by atoms with Crippen molar-refractivity contribution in [2.45, 2.75) is 44.7 Å². The van der Waals surface area contributed by atoms with Gasteiger partial charge in [-0.15, -0.1) is 0 Å². The van der Waals surface area contributed by atoms with Crippen LogP contribution in [-0.4, -0.2) is 23.0 Å². The molecule has 0 aliphatic carbocycles. The first-order valence-corrected chi connectivity index (χ1v) is 7.35. The third-order valence-electron chi connectivity index (χ3n) is 4.03. The molecular formula is C16H22N2O3. The summed E-state index contributed by atoms with van der Waals surface area (Å²) in [5, 5.41) is 11.9. The van der Waals surface area contributed by atoms with Crippen molar-refractivity contribution in [2.24, 2.45) is 11.7 Å². The predicted molar refractivity (Wildman–Crippen MR) is 79.7 cm³/mol. The number of aliphatic carboxylic acids is 1. The number of amides is 1. The van der Waals surface area contributed by atoms with Gasteiger partial charge in [0.2, 0.25) is 5.91 Å². The number of carbonyl (C=O) groups is 2. The van der Waals surface area contributed by atoms with Crippen molar-refractivity contribution in [3.8, 4) is 0 Å². The molecule has 4 N–H and O–H groups in total. The molecule has 1 unspecified atom stereocenters. The van der Waals surface area contributed by atoms with E-state index in [0.717, 1.165) is 24.0 Å². The molecule has 114 valence electrons. The predicted octanol–water partition coefficient (Wildman–Crippen LogP) is 1.62. The summed E-state index contributed by atoms with van der Waals surface area (Å²) in [6.07, 6.45) is 2.65. The van der Waals surface area contributed by atoms with Crippen LogP contribution in [0.3, 0.4) is 0 Å². The number of carboxylic acids is 1. The molecule has 5 nitrogen and oxygen atoms in total.